The molecule has 2 nitrogen and oxygen atoms in total. The third-order valence-corrected chi connectivity index (χ3v) is 4.40. The number of halogens is 1. The van der Waals surface area contributed by atoms with Gasteiger partial charge < -0.3 is 5.11 Å². The molecule has 3 heteroatoms. The molecule has 0 amide bonds. The quantitative estimate of drug-likeness (QED) is 0.699. The SMILES string of the molecule is OC(Cc1ccnc2ccccc12)c1ccccc1I. The molecule has 0 aliphatic heterocycles. The first-order chi connectivity index (χ1) is 9.75. The van der Waals surface area contributed by atoms with Gasteiger partial charge in [0.05, 0.1) is 11.6 Å². The van der Waals surface area contributed by atoms with E-state index in [1.165, 1.54) is 0 Å². The van der Waals surface area contributed by atoms with Crippen LogP contribution in [0.4, 0.5) is 0 Å². The largest absolute Gasteiger partial charge is 0.388 e. The van der Waals surface area contributed by atoms with Crippen molar-refractivity contribution in [2.24, 2.45) is 0 Å². The van der Waals surface area contributed by atoms with Gasteiger partial charge in [0.1, 0.15) is 0 Å². The fourth-order valence-corrected chi connectivity index (χ4v) is 3.14. The highest BCUT2D eigenvalue weighted by molar-refractivity contribution is 14.1. The second kappa shape index (κ2) is 5.89. The molecule has 0 bridgehead atoms. The average molecular weight is 375 g/mol. The van der Waals surface area contributed by atoms with E-state index in [1.54, 1.807) is 6.20 Å². The summed E-state index contributed by atoms with van der Waals surface area (Å²) in [7, 11) is 0. The zero-order valence-corrected chi connectivity index (χ0v) is 13.0. The van der Waals surface area contributed by atoms with E-state index in [9.17, 15) is 5.11 Å². The Morgan fingerprint density at radius 3 is 2.60 bits per heavy atom. The molecular weight excluding hydrogens is 361 g/mol. The van der Waals surface area contributed by atoms with Crippen LogP contribution < -0.4 is 0 Å². The van der Waals surface area contributed by atoms with Crippen LogP contribution in [0.5, 0.6) is 0 Å². The number of fused-ring (bicyclic) bond motifs is 1. The Labute approximate surface area is 131 Å². The molecule has 1 atom stereocenters. The van der Waals surface area contributed by atoms with Crippen molar-refractivity contribution in [2.75, 3.05) is 0 Å². The summed E-state index contributed by atoms with van der Waals surface area (Å²) < 4.78 is 1.09. The van der Waals surface area contributed by atoms with Gasteiger partial charge in [0.2, 0.25) is 0 Å². The summed E-state index contributed by atoms with van der Waals surface area (Å²) in [5.41, 5.74) is 3.08. The molecule has 0 radical (unpaired) electrons. The molecule has 20 heavy (non-hydrogen) atoms. The van der Waals surface area contributed by atoms with E-state index < -0.39 is 6.10 Å². The predicted octanol–water partition coefficient (Wildman–Crippen LogP) is 4.12. The van der Waals surface area contributed by atoms with Crippen molar-refractivity contribution in [3.05, 3.63) is 75.5 Å². The van der Waals surface area contributed by atoms with Gasteiger partial charge in [0.15, 0.2) is 0 Å². The Bertz CT molecular complexity index is 736. The highest BCUT2D eigenvalue weighted by Gasteiger charge is 2.13. The maximum atomic E-state index is 10.5. The lowest BCUT2D eigenvalue weighted by molar-refractivity contribution is 0.178. The lowest BCUT2D eigenvalue weighted by atomic mass is 9.99. The van der Waals surface area contributed by atoms with Crippen molar-refractivity contribution in [1.82, 2.24) is 4.98 Å². The van der Waals surface area contributed by atoms with Crippen LogP contribution in [0.15, 0.2) is 60.8 Å². The molecule has 0 aliphatic rings. The van der Waals surface area contributed by atoms with Crippen LogP contribution in [0.3, 0.4) is 0 Å². The molecule has 1 unspecified atom stereocenters. The molecular formula is C17H14INO. The second-order valence-corrected chi connectivity index (χ2v) is 5.89. The van der Waals surface area contributed by atoms with Gasteiger partial charge in [0, 0.05) is 21.6 Å². The molecule has 0 fully saturated rings. The molecule has 3 rings (SSSR count). The van der Waals surface area contributed by atoms with E-state index in [2.05, 4.69) is 33.6 Å². The van der Waals surface area contributed by atoms with Crippen LogP contribution in [0, 0.1) is 3.57 Å². The molecule has 0 saturated carbocycles. The van der Waals surface area contributed by atoms with Crippen molar-refractivity contribution in [1.29, 1.82) is 0 Å². The van der Waals surface area contributed by atoms with E-state index in [4.69, 9.17) is 0 Å². The van der Waals surface area contributed by atoms with Gasteiger partial charge in [-0.15, -0.1) is 0 Å². The van der Waals surface area contributed by atoms with Crippen LogP contribution >= 0.6 is 22.6 Å². The van der Waals surface area contributed by atoms with Crippen molar-refractivity contribution in [3.63, 3.8) is 0 Å². The monoisotopic (exact) mass is 375 g/mol. The molecule has 0 saturated heterocycles. The number of aromatic nitrogens is 1. The van der Waals surface area contributed by atoms with Gasteiger partial charge in [-0.2, -0.15) is 0 Å². The van der Waals surface area contributed by atoms with Crippen molar-refractivity contribution in [2.45, 2.75) is 12.5 Å². The Morgan fingerprint density at radius 2 is 1.75 bits per heavy atom. The summed E-state index contributed by atoms with van der Waals surface area (Å²) in [4.78, 5) is 4.36. The first-order valence-electron chi connectivity index (χ1n) is 6.51. The molecule has 1 aromatic heterocycles. The summed E-state index contributed by atoms with van der Waals surface area (Å²) in [6.07, 6.45) is 1.91. The third-order valence-electron chi connectivity index (χ3n) is 3.42. The smallest absolute Gasteiger partial charge is 0.0840 e. The maximum Gasteiger partial charge on any atom is 0.0840 e. The van der Waals surface area contributed by atoms with Crippen molar-refractivity contribution >= 4 is 33.5 Å². The second-order valence-electron chi connectivity index (χ2n) is 4.73. The van der Waals surface area contributed by atoms with Crippen LogP contribution in [-0.4, -0.2) is 10.1 Å². The van der Waals surface area contributed by atoms with Crippen LogP contribution in [0.25, 0.3) is 10.9 Å². The van der Waals surface area contributed by atoms with Gasteiger partial charge in [-0.1, -0.05) is 36.4 Å². The fraction of sp³-hybridized carbons (Fsp3) is 0.118. The zero-order chi connectivity index (χ0) is 13.9. The van der Waals surface area contributed by atoms with Gasteiger partial charge in [-0.3, -0.25) is 4.98 Å². The minimum absolute atomic E-state index is 0.492. The number of benzene rings is 2. The van der Waals surface area contributed by atoms with E-state index in [0.29, 0.717) is 6.42 Å². The Morgan fingerprint density at radius 1 is 1.00 bits per heavy atom. The molecule has 0 spiro atoms. The number of hydrogen-bond acceptors (Lipinski definition) is 2. The highest BCUT2D eigenvalue weighted by atomic mass is 127. The summed E-state index contributed by atoms with van der Waals surface area (Å²) >= 11 is 2.26. The summed E-state index contributed by atoms with van der Waals surface area (Å²) in [6.45, 7) is 0. The topological polar surface area (TPSA) is 33.1 Å². The number of aliphatic hydroxyl groups excluding tert-OH is 1. The molecule has 3 aromatic rings. The first-order valence-corrected chi connectivity index (χ1v) is 7.58. The van der Waals surface area contributed by atoms with E-state index >= 15 is 0 Å². The minimum Gasteiger partial charge on any atom is -0.388 e. The van der Waals surface area contributed by atoms with Gasteiger partial charge in [0.25, 0.3) is 0 Å². The standard InChI is InChI=1S/C17H14INO/c18-15-7-3-1-6-14(15)17(20)11-12-9-10-19-16-8-4-2-5-13(12)16/h1-10,17,20H,11H2. The van der Waals surface area contributed by atoms with E-state index in [0.717, 1.165) is 25.6 Å². The van der Waals surface area contributed by atoms with Gasteiger partial charge in [-0.25, -0.2) is 0 Å². The Balaban J connectivity index is 1.96. The summed E-state index contributed by atoms with van der Waals surface area (Å²) in [6, 6.07) is 18.0. The zero-order valence-electron chi connectivity index (χ0n) is 10.8. The summed E-state index contributed by atoms with van der Waals surface area (Å²) in [5.74, 6) is 0. The van der Waals surface area contributed by atoms with Crippen LogP contribution in [0.2, 0.25) is 0 Å². The molecule has 2 aromatic carbocycles. The van der Waals surface area contributed by atoms with Crippen molar-refractivity contribution < 1.29 is 5.11 Å². The van der Waals surface area contributed by atoms with E-state index in [-0.39, 0.29) is 0 Å². The summed E-state index contributed by atoms with van der Waals surface area (Å²) in [5, 5.41) is 11.6. The average Bonchev–Trinajstić information content (AvgIpc) is 2.48. The number of aliphatic hydroxyl groups is 1. The van der Waals surface area contributed by atoms with Crippen LogP contribution in [-0.2, 0) is 6.42 Å². The highest BCUT2D eigenvalue weighted by Crippen LogP contribution is 2.26. The predicted molar refractivity (Wildman–Crippen MR) is 89.6 cm³/mol. The fourth-order valence-electron chi connectivity index (χ4n) is 2.40. The normalized spacial score (nSPS) is 12.5. The van der Waals surface area contributed by atoms with Gasteiger partial charge in [-0.05, 0) is 51.9 Å². The third kappa shape index (κ3) is 2.69. The van der Waals surface area contributed by atoms with Crippen LogP contribution in [0.1, 0.15) is 17.2 Å². The lowest BCUT2D eigenvalue weighted by Crippen LogP contribution is -2.04. The molecule has 0 aliphatic carbocycles. The Kier molecular flexibility index (Phi) is 3.98. The lowest BCUT2D eigenvalue weighted by Gasteiger charge is -2.14. The number of para-hydroxylation sites is 1. The first kappa shape index (κ1) is 13.5. The number of pyridine rings is 1. The van der Waals surface area contributed by atoms with Crippen molar-refractivity contribution in [3.8, 4) is 0 Å². The van der Waals surface area contributed by atoms with Gasteiger partial charge >= 0.3 is 0 Å². The number of nitrogens with zero attached hydrogens (tertiary/aromatic N) is 1. The molecule has 1 N–H and O–H groups in total. The van der Waals surface area contributed by atoms with E-state index in [1.807, 2.05) is 48.5 Å². The Hall–Kier alpha value is -1.46. The number of rotatable bonds is 3. The number of hydrogen-bond donors (Lipinski definition) is 1. The molecule has 100 valence electrons. The minimum atomic E-state index is -0.492. The maximum absolute atomic E-state index is 10.5. The molecule has 1 heterocycles.